The summed E-state index contributed by atoms with van der Waals surface area (Å²) < 4.78 is 0. The van der Waals surface area contributed by atoms with Gasteiger partial charge in [0.1, 0.15) is 12.2 Å². The smallest absolute Gasteiger partial charge is 0.310 e. The first-order chi connectivity index (χ1) is 7.08. The number of carbonyl (C=O) groups is 2. The Labute approximate surface area is 88.7 Å². The van der Waals surface area contributed by atoms with Crippen LogP contribution in [0.25, 0.3) is 0 Å². The van der Waals surface area contributed by atoms with Crippen LogP contribution >= 0.6 is 0 Å². The first-order valence-electron chi connectivity index (χ1n) is 4.87. The number of hydrogen-bond acceptors (Lipinski definition) is 2. The molecule has 0 saturated heterocycles. The second kappa shape index (κ2) is 5.29. The first-order valence-corrected chi connectivity index (χ1v) is 4.87. The van der Waals surface area contributed by atoms with Gasteiger partial charge < -0.3 is 5.11 Å². The Morgan fingerprint density at radius 1 is 1.33 bits per heavy atom. The van der Waals surface area contributed by atoms with E-state index in [1.165, 1.54) is 0 Å². The van der Waals surface area contributed by atoms with Gasteiger partial charge in [-0.2, -0.15) is 0 Å². The normalized spacial score (nSPS) is 9.93. The van der Waals surface area contributed by atoms with Crippen LogP contribution in [-0.4, -0.2) is 16.9 Å². The molecule has 0 atom stereocenters. The molecule has 0 aliphatic carbocycles. The Balaban J connectivity index is 2.43. The zero-order valence-corrected chi connectivity index (χ0v) is 8.69. The quantitative estimate of drug-likeness (QED) is 0.749. The predicted octanol–water partition coefficient (Wildman–Crippen LogP) is 1.97. The Morgan fingerprint density at radius 2 is 2.07 bits per heavy atom. The number of ketones is 1. The highest BCUT2D eigenvalue weighted by Crippen LogP contribution is 2.07. The van der Waals surface area contributed by atoms with Crippen molar-refractivity contribution >= 4 is 11.8 Å². The third-order valence-corrected chi connectivity index (χ3v) is 2.12. The minimum Gasteiger partial charge on any atom is -0.481 e. The van der Waals surface area contributed by atoms with Gasteiger partial charge in [0.25, 0.3) is 0 Å². The Morgan fingerprint density at radius 3 is 2.67 bits per heavy atom. The van der Waals surface area contributed by atoms with Crippen LogP contribution in [0, 0.1) is 6.92 Å². The van der Waals surface area contributed by atoms with Crippen LogP contribution in [0.1, 0.15) is 24.0 Å². The lowest BCUT2D eigenvalue weighted by Crippen LogP contribution is -2.07. The molecule has 80 valence electrons. The van der Waals surface area contributed by atoms with E-state index < -0.39 is 5.97 Å². The van der Waals surface area contributed by atoms with Gasteiger partial charge in [0, 0.05) is 6.42 Å². The fourth-order valence-electron chi connectivity index (χ4n) is 1.41. The standard InChI is InChI=1S/C12H14O3/c1-9-3-2-4-10(7-9)5-6-11(13)8-12(14)15/h2-4,7H,5-6,8H2,1H3,(H,14,15). The molecule has 0 radical (unpaired) electrons. The molecule has 0 bridgehead atoms. The number of hydrogen-bond donors (Lipinski definition) is 1. The summed E-state index contributed by atoms with van der Waals surface area (Å²) in [6.07, 6.45) is 0.551. The third kappa shape index (κ3) is 4.40. The maximum atomic E-state index is 11.1. The molecule has 0 fully saturated rings. The zero-order chi connectivity index (χ0) is 11.3. The van der Waals surface area contributed by atoms with Gasteiger partial charge in [0.05, 0.1) is 0 Å². The molecule has 0 aromatic heterocycles. The topological polar surface area (TPSA) is 54.4 Å². The van der Waals surface area contributed by atoms with Crippen molar-refractivity contribution in [3.8, 4) is 0 Å². The molecule has 0 unspecified atom stereocenters. The number of aryl methyl sites for hydroxylation is 2. The van der Waals surface area contributed by atoms with Gasteiger partial charge in [-0.05, 0) is 18.9 Å². The minimum absolute atomic E-state index is 0.219. The van der Waals surface area contributed by atoms with Crippen LogP contribution in [0.5, 0.6) is 0 Å². The summed E-state index contributed by atoms with van der Waals surface area (Å²) in [5, 5.41) is 8.40. The van der Waals surface area contributed by atoms with Crippen molar-refractivity contribution in [1.82, 2.24) is 0 Å². The highest BCUT2D eigenvalue weighted by atomic mass is 16.4. The maximum Gasteiger partial charge on any atom is 0.310 e. The number of carbonyl (C=O) groups excluding carboxylic acids is 1. The van der Waals surface area contributed by atoms with Gasteiger partial charge in [-0.25, -0.2) is 0 Å². The van der Waals surface area contributed by atoms with Crippen LogP contribution in [0.4, 0.5) is 0 Å². The number of rotatable bonds is 5. The second-order valence-electron chi connectivity index (χ2n) is 3.60. The predicted molar refractivity (Wildman–Crippen MR) is 56.8 cm³/mol. The molecule has 1 aromatic rings. The molecule has 0 saturated carbocycles. The minimum atomic E-state index is -1.05. The Kier molecular flexibility index (Phi) is 4.03. The number of aliphatic carboxylic acids is 1. The maximum absolute atomic E-state index is 11.1. The molecule has 1 aromatic carbocycles. The van der Waals surface area contributed by atoms with Crippen molar-refractivity contribution in [1.29, 1.82) is 0 Å². The van der Waals surface area contributed by atoms with Gasteiger partial charge in [0.2, 0.25) is 0 Å². The van der Waals surface area contributed by atoms with E-state index in [9.17, 15) is 9.59 Å². The van der Waals surface area contributed by atoms with E-state index >= 15 is 0 Å². The molecule has 0 amide bonds. The lowest BCUT2D eigenvalue weighted by atomic mass is 10.0. The summed E-state index contributed by atoms with van der Waals surface area (Å²) in [6.45, 7) is 1.99. The number of carboxylic acid groups (broad SMARTS) is 1. The molecule has 0 heterocycles. The molecular formula is C12H14O3. The van der Waals surface area contributed by atoms with Crippen molar-refractivity contribution < 1.29 is 14.7 Å². The van der Waals surface area contributed by atoms with E-state index in [0.29, 0.717) is 12.8 Å². The molecule has 1 rings (SSSR count). The molecule has 3 nitrogen and oxygen atoms in total. The molecule has 0 spiro atoms. The van der Waals surface area contributed by atoms with E-state index in [-0.39, 0.29) is 12.2 Å². The average molecular weight is 206 g/mol. The molecule has 15 heavy (non-hydrogen) atoms. The van der Waals surface area contributed by atoms with Crippen LogP contribution in [0.2, 0.25) is 0 Å². The first kappa shape index (κ1) is 11.4. The van der Waals surface area contributed by atoms with Crippen molar-refractivity contribution in [2.75, 3.05) is 0 Å². The summed E-state index contributed by atoms with van der Waals surface area (Å²) in [7, 11) is 0. The van der Waals surface area contributed by atoms with Crippen LogP contribution in [-0.2, 0) is 16.0 Å². The van der Waals surface area contributed by atoms with E-state index in [1.807, 2.05) is 31.2 Å². The third-order valence-electron chi connectivity index (χ3n) is 2.12. The van der Waals surface area contributed by atoms with Gasteiger partial charge in [-0.1, -0.05) is 29.8 Å². The van der Waals surface area contributed by atoms with E-state index in [1.54, 1.807) is 0 Å². The molecule has 3 heteroatoms. The zero-order valence-electron chi connectivity index (χ0n) is 8.69. The molecular weight excluding hydrogens is 192 g/mol. The fourth-order valence-corrected chi connectivity index (χ4v) is 1.41. The SMILES string of the molecule is Cc1cccc(CCC(=O)CC(=O)O)c1. The van der Waals surface area contributed by atoms with Crippen LogP contribution in [0.15, 0.2) is 24.3 Å². The highest BCUT2D eigenvalue weighted by Gasteiger charge is 2.07. The summed E-state index contributed by atoms with van der Waals surface area (Å²) in [4.78, 5) is 21.4. The Bertz CT molecular complexity index is 369. The van der Waals surface area contributed by atoms with Crippen LogP contribution < -0.4 is 0 Å². The second-order valence-corrected chi connectivity index (χ2v) is 3.60. The summed E-state index contributed by atoms with van der Waals surface area (Å²) in [5.41, 5.74) is 2.23. The lowest BCUT2D eigenvalue weighted by molar-refractivity contribution is -0.140. The molecule has 0 aliphatic heterocycles. The summed E-state index contributed by atoms with van der Waals surface area (Å²) in [5.74, 6) is -1.27. The lowest BCUT2D eigenvalue weighted by Gasteiger charge is -2.01. The number of Topliss-reactive ketones (excluding diaryl/α,β-unsaturated/α-hetero) is 1. The van der Waals surface area contributed by atoms with Crippen molar-refractivity contribution in [3.05, 3.63) is 35.4 Å². The summed E-state index contributed by atoms with van der Waals surface area (Å²) >= 11 is 0. The monoisotopic (exact) mass is 206 g/mol. The van der Waals surface area contributed by atoms with Gasteiger partial charge >= 0.3 is 5.97 Å². The highest BCUT2D eigenvalue weighted by molar-refractivity contribution is 5.94. The van der Waals surface area contributed by atoms with Crippen molar-refractivity contribution in [3.63, 3.8) is 0 Å². The van der Waals surface area contributed by atoms with Crippen molar-refractivity contribution in [2.45, 2.75) is 26.2 Å². The largest absolute Gasteiger partial charge is 0.481 e. The number of benzene rings is 1. The van der Waals surface area contributed by atoms with E-state index in [0.717, 1.165) is 11.1 Å². The van der Waals surface area contributed by atoms with Crippen molar-refractivity contribution in [2.24, 2.45) is 0 Å². The molecule has 1 N–H and O–H groups in total. The molecule has 0 aliphatic rings. The van der Waals surface area contributed by atoms with Crippen LogP contribution in [0.3, 0.4) is 0 Å². The van der Waals surface area contributed by atoms with Gasteiger partial charge in [0.15, 0.2) is 0 Å². The Hall–Kier alpha value is -1.64. The van der Waals surface area contributed by atoms with E-state index in [4.69, 9.17) is 5.11 Å². The van der Waals surface area contributed by atoms with Gasteiger partial charge in [-0.15, -0.1) is 0 Å². The van der Waals surface area contributed by atoms with E-state index in [2.05, 4.69) is 0 Å². The summed E-state index contributed by atoms with van der Waals surface area (Å²) in [6, 6.07) is 7.88. The van der Waals surface area contributed by atoms with Gasteiger partial charge in [-0.3, -0.25) is 9.59 Å². The average Bonchev–Trinajstić information content (AvgIpc) is 2.14. The number of carboxylic acids is 1. The fraction of sp³-hybridized carbons (Fsp3) is 0.333.